The predicted octanol–water partition coefficient (Wildman–Crippen LogP) is 2.04. The first-order valence-electron chi connectivity index (χ1n) is 8.27. The van der Waals surface area contributed by atoms with Crippen molar-refractivity contribution in [3.63, 3.8) is 0 Å². The maximum absolute atomic E-state index is 12.0. The van der Waals surface area contributed by atoms with E-state index in [9.17, 15) is 14.4 Å². The van der Waals surface area contributed by atoms with E-state index >= 15 is 0 Å². The third kappa shape index (κ3) is 5.04. The van der Waals surface area contributed by atoms with Crippen molar-refractivity contribution in [1.29, 1.82) is 0 Å². The lowest BCUT2D eigenvalue weighted by Gasteiger charge is -2.14. The molecule has 2 aromatic rings. The molecular formula is C19H23N3O3. The monoisotopic (exact) mass is 341 g/mol. The Morgan fingerprint density at radius 1 is 1.16 bits per heavy atom. The van der Waals surface area contributed by atoms with E-state index in [4.69, 9.17) is 0 Å². The van der Waals surface area contributed by atoms with Gasteiger partial charge in [-0.1, -0.05) is 36.8 Å². The van der Waals surface area contributed by atoms with Crippen LogP contribution in [0.25, 0.3) is 0 Å². The Labute approximate surface area is 146 Å². The number of aromatic nitrogens is 1. The van der Waals surface area contributed by atoms with Gasteiger partial charge >= 0.3 is 11.8 Å². The number of pyridine rings is 1. The summed E-state index contributed by atoms with van der Waals surface area (Å²) >= 11 is 0. The molecule has 25 heavy (non-hydrogen) atoms. The van der Waals surface area contributed by atoms with Crippen LogP contribution in [0.2, 0.25) is 0 Å². The summed E-state index contributed by atoms with van der Waals surface area (Å²) in [6.45, 7) is 6.68. The minimum atomic E-state index is -0.752. The molecule has 2 N–H and O–H groups in total. The fourth-order valence-corrected chi connectivity index (χ4v) is 2.46. The SMILES string of the molecule is CCn1cc(NC(=O)C(=O)NC[C@H](C)c2cccc(C)c2)ccc1=O. The molecule has 0 aliphatic heterocycles. The molecule has 0 spiro atoms. The molecule has 0 unspecified atom stereocenters. The van der Waals surface area contributed by atoms with Crippen molar-refractivity contribution in [3.05, 3.63) is 64.1 Å². The molecule has 0 aliphatic rings. The summed E-state index contributed by atoms with van der Waals surface area (Å²) in [6.07, 6.45) is 1.52. The van der Waals surface area contributed by atoms with Gasteiger partial charge in [0.25, 0.3) is 5.56 Å². The van der Waals surface area contributed by atoms with Gasteiger partial charge in [0.15, 0.2) is 0 Å². The minimum absolute atomic E-state index is 0.0960. The van der Waals surface area contributed by atoms with Crippen molar-refractivity contribution in [3.8, 4) is 0 Å². The molecule has 6 nitrogen and oxygen atoms in total. The number of anilines is 1. The predicted molar refractivity (Wildman–Crippen MR) is 97.6 cm³/mol. The summed E-state index contributed by atoms with van der Waals surface area (Å²) in [5, 5.41) is 5.15. The van der Waals surface area contributed by atoms with Crippen molar-refractivity contribution < 1.29 is 9.59 Å². The van der Waals surface area contributed by atoms with Crippen molar-refractivity contribution >= 4 is 17.5 Å². The number of aryl methyl sites for hydroxylation is 2. The highest BCUT2D eigenvalue weighted by atomic mass is 16.2. The van der Waals surface area contributed by atoms with Crippen molar-refractivity contribution in [2.75, 3.05) is 11.9 Å². The van der Waals surface area contributed by atoms with E-state index in [1.807, 2.05) is 39.0 Å². The van der Waals surface area contributed by atoms with Crippen molar-refractivity contribution in [2.45, 2.75) is 33.2 Å². The van der Waals surface area contributed by atoms with Crippen LogP contribution in [0.15, 0.2) is 47.4 Å². The Balaban J connectivity index is 1.92. The number of carbonyl (C=O) groups is 2. The molecule has 0 saturated heterocycles. The van der Waals surface area contributed by atoms with E-state index in [0.29, 0.717) is 18.8 Å². The number of nitrogens with zero attached hydrogens (tertiary/aromatic N) is 1. The Hall–Kier alpha value is -2.89. The number of carbonyl (C=O) groups excluding carboxylic acids is 2. The van der Waals surface area contributed by atoms with Gasteiger partial charge < -0.3 is 15.2 Å². The van der Waals surface area contributed by atoms with Crippen LogP contribution in [0.1, 0.15) is 30.9 Å². The summed E-state index contributed by atoms with van der Waals surface area (Å²) in [6, 6.07) is 10.9. The Kier molecular flexibility index (Phi) is 6.11. The minimum Gasteiger partial charge on any atom is -0.347 e. The van der Waals surface area contributed by atoms with Gasteiger partial charge in [0.05, 0.1) is 5.69 Å². The second-order valence-electron chi connectivity index (χ2n) is 6.02. The lowest BCUT2D eigenvalue weighted by Crippen LogP contribution is -2.37. The largest absolute Gasteiger partial charge is 0.347 e. The second-order valence-corrected chi connectivity index (χ2v) is 6.02. The molecule has 1 heterocycles. The average Bonchev–Trinajstić information content (AvgIpc) is 2.60. The normalized spacial score (nSPS) is 11.6. The Morgan fingerprint density at radius 3 is 2.60 bits per heavy atom. The maximum Gasteiger partial charge on any atom is 0.313 e. The Bertz CT molecular complexity index is 827. The highest BCUT2D eigenvalue weighted by molar-refractivity contribution is 6.39. The molecule has 1 aromatic carbocycles. The fourth-order valence-electron chi connectivity index (χ4n) is 2.46. The van der Waals surface area contributed by atoms with Crippen LogP contribution in [-0.4, -0.2) is 22.9 Å². The summed E-state index contributed by atoms with van der Waals surface area (Å²) in [5.74, 6) is -1.36. The zero-order valence-electron chi connectivity index (χ0n) is 14.7. The standard InChI is InChI=1S/C19H23N3O3/c1-4-22-12-16(8-9-17(22)23)21-19(25)18(24)20-11-14(3)15-7-5-6-13(2)10-15/h5-10,12,14H,4,11H2,1-3H3,(H,20,24)(H,21,25)/t14-/m0/s1. The van der Waals surface area contributed by atoms with E-state index in [1.165, 1.54) is 22.9 Å². The molecule has 0 aliphatic carbocycles. The van der Waals surface area contributed by atoms with Crippen LogP contribution in [0.4, 0.5) is 5.69 Å². The number of hydrogen-bond donors (Lipinski definition) is 2. The van der Waals surface area contributed by atoms with E-state index in [2.05, 4.69) is 16.7 Å². The molecule has 2 amide bonds. The van der Waals surface area contributed by atoms with Gasteiger partial charge in [0.1, 0.15) is 0 Å². The van der Waals surface area contributed by atoms with Gasteiger partial charge in [-0.15, -0.1) is 0 Å². The van der Waals surface area contributed by atoms with Crippen LogP contribution < -0.4 is 16.2 Å². The van der Waals surface area contributed by atoms with Crippen LogP contribution in [0, 0.1) is 6.92 Å². The summed E-state index contributed by atoms with van der Waals surface area (Å²) < 4.78 is 1.45. The molecule has 1 aromatic heterocycles. The molecule has 1 atom stereocenters. The molecule has 0 radical (unpaired) electrons. The van der Waals surface area contributed by atoms with Crippen molar-refractivity contribution in [2.24, 2.45) is 0 Å². The number of hydrogen-bond acceptors (Lipinski definition) is 3. The van der Waals surface area contributed by atoms with E-state index < -0.39 is 11.8 Å². The van der Waals surface area contributed by atoms with Gasteiger partial charge in [0, 0.05) is 25.4 Å². The second kappa shape index (κ2) is 8.28. The number of benzene rings is 1. The maximum atomic E-state index is 12.0. The zero-order chi connectivity index (χ0) is 18.4. The first kappa shape index (κ1) is 18.4. The quantitative estimate of drug-likeness (QED) is 0.817. The van der Waals surface area contributed by atoms with Gasteiger partial charge in [-0.2, -0.15) is 0 Å². The smallest absolute Gasteiger partial charge is 0.313 e. The van der Waals surface area contributed by atoms with E-state index in [-0.39, 0.29) is 11.5 Å². The molecule has 0 fully saturated rings. The number of amides is 2. The molecule has 2 rings (SSSR count). The van der Waals surface area contributed by atoms with Crippen molar-refractivity contribution in [1.82, 2.24) is 9.88 Å². The fraction of sp³-hybridized carbons (Fsp3) is 0.316. The first-order chi connectivity index (χ1) is 11.9. The molecule has 6 heteroatoms. The van der Waals surface area contributed by atoms with Crippen LogP contribution >= 0.6 is 0 Å². The van der Waals surface area contributed by atoms with Gasteiger partial charge in [-0.05, 0) is 31.4 Å². The van der Waals surface area contributed by atoms with E-state index in [0.717, 1.165) is 11.1 Å². The summed E-state index contributed by atoms with van der Waals surface area (Å²) in [7, 11) is 0. The first-order valence-corrected chi connectivity index (χ1v) is 8.27. The van der Waals surface area contributed by atoms with Crippen LogP contribution in [0.5, 0.6) is 0 Å². The number of rotatable bonds is 5. The van der Waals surface area contributed by atoms with Crippen LogP contribution in [-0.2, 0) is 16.1 Å². The van der Waals surface area contributed by atoms with E-state index in [1.54, 1.807) is 0 Å². The Morgan fingerprint density at radius 2 is 1.92 bits per heavy atom. The highest BCUT2D eigenvalue weighted by Crippen LogP contribution is 2.15. The molecule has 132 valence electrons. The molecule has 0 saturated carbocycles. The lowest BCUT2D eigenvalue weighted by molar-refractivity contribution is -0.136. The third-order valence-corrected chi connectivity index (χ3v) is 3.97. The van der Waals surface area contributed by atoms with Crippen LogP contribution in [0.3, 0.4) is 0 Å². The molecular weight excluding hydrogens is 318 g/mol. The lowest BCUT2D eigenvalue weighted by atomic mass is 9.99. The van der Waals surface area contributed by atoms with Gasteiger partial charge in [-0.25, -0.2) is 0 Å². The summed E-state index contributed by atoms with van der Waals surface area (Å²) in [5.41, 5.74) is 2.51. The average molecular weight is 341 g/mol. The zero-order valence-corrected chi connectivity index (χ0v) is 14.7. The number of nitrogens with one attached hydrogen (secondary N) is 2. The third-order valence-electron chi connectivity index (χ3n) is 3.97. The molecule has 0 bridgehead atoms. The highest BCUT2D eigenvalue weighted by Gasteiger charge is 2.15. The van der Waals surface area contributed by atoms with Gasteiger partial charge in [0.2, 0.25) is 0 Å². The topological polar surface area (TPSA) is 80.2 Å². The summed E-state index contributed by atoms with van der Waals surface area (Å²) in [4.78, 5) is 35.5. The van der Waals surface area contributed by atoms with Gasteiger partial charge in [-0.3, -0.25) is 14.4 Å².